The Morgan fingerprint density at radius 1 is 1.11 bits per heavy atom. The Hall–Kier alpha value is -2.25. The standard InChI is InChI=1S/C20H22ClN5O/c1-25-6-8-26(9-7-25)24-20-22-12-16-11-15(3-5-19(16)23-20)17-10-14(13-27)2-4-18(17)21/h2-5,10-12,27H,6-9,13H2,1H3,(H,22,23,24). The van der Waals surface area contributed by atoms with Crippen LogP contribution in [0.4, 0.5) is 5.95 Å². The second-order valence-electron chi connectivity index (χ2n) is 6.84. The number of anilines is 1. The maximum absolute atomic E-state index is 9.37. The molecule has 0 saturated carbocycles. The van der Waals surface area contributed by atoms with Crippen molar-refractivity contribution < 1.29 is 5.11 Å². The number of halogens is 1. The molecular formula is C20H22ClN5O. The third kappa shape index (κ3) is 4.04. The number of nitrogens with zero attached hydrogens (tertiary/aromatic N) is 4. The van der Waals surface area contributed by atoms with Crippen LogP contribution in [0.15, 0.2) is 42.6 Å². The number of aliphatic hydroxyl groups is 1. The Balaban J connectivity index is 1.59. The van der Waals surface area contributed by atoms with Gasteiger partial charge in [0.05, 0.1) is 12.1 Å². The minimum Gasteiger partial charge on any atom is -0.392 e. The zero-order valence-electron chi connectivity index (χ0n) is 15.2. The molecule has 2 N–H and O–H groups in total. The van der Waals surface area contributed by atoms with Gasteiger partial charge < -0.3 is 10.0 Å². The lowest BCUT2D eigenvalue weighted by Crippen LogP contribution is -2.47. The Labute approximate surface area is 163 Å². The molecule has 0 bridgehead atoms. The number of aliphatic hydroxyl groups excluding tert-OH is 1. The molecule has 6 nitrogen and oxygen atoms in total. The van der Waals surface area contributed by atoms with Gasteiger partial charge in [0.15, 0.2) is 0 Å². The van der Waals surface area contributed by atoms with Crippen LogP contribution in [0.25, 0.3) is 22.0 Å². The number of hydrogen-bond acceptors (Lipinski definition) is 6. The first-order valence-electron chi connectivity index (χ1n) is 8.99. The number of piperazine rings is 1. The van der Waals surface area contributed by atoms with Gasteiger partial charge in [0.2, 0.25) is 5.95 Å². The van der Waals surface area contributed by atoms with Crippen molar-refractivity contribution in [1.82, 2.24) is 19.9 Å². The van der Waals surface area contributed by atoms with Gasteiger partial charge in [-0.05, 0) is 42.4 Å². The summed E-state index contributed by atoms with van der Waals surface area (Å²) >= 11 is 6.35. The van der Waals surface area contributed by atoms with Crippen LogP contribution in [0, 0.1) is 0 Å². The first-order valence-corrected chi connectivity index (χ1v) is 9.37. The molecule has 140 valence electrons. The van der Waals surface area contributed by atoms with Crippen LogP contribution >= 0.6 is 11.6 Å². The van der Waals surface area contributed by atoms with E-state index < -0.39 is 0 Å². The Kier molecular flexibility index (Phi) is 5.22. The summed E-state index contributed by atoms with van der Waals surface area (Å²) in [6.07, 6.45) is 1.83. The highest BCUT2D eigenvalue weighted by Gasteiger charge is 2.14. The van der Waals surface area contributed by atoms with E-state index in [0.717, 1.165) is 53.8 Å². The fourth-order valence-electron chi connectivity index (χ4n) is 3.21. The molecule has 1 aliphatic heterocycles. The van der Waals surface area contributed by atoms with E-state index in [1.54, 1.807) is 0 Å². The summed E-state index contributed by atoms with van der Waals surface area (Å²) in [7, 11) is 2.13. The van der Waals surface area contributed by atoms with Crippen LogP contribution in [0.2, 0.25) is 5.02 Å². The molecular weight excluding hydrogens is 362 g/mol. The number of hydrazine groups is 1. The predicted molar refractivity (Wildman–Crippen MR) is 109 cm³/mol. The third-order valence-electron chi connectivity index (χ3n) is 4.87. The number of rotatable bonds is 4. The Bertz CT molecular complexity index is 956. The third-order valence-corrected chi connectivity index (χ3v) is 5.20. The van der Waals surface area contributed by atoms with Crippen molar-refractivity contribution >= 4 is 28.5 Å². The smallest absolute Gasteiger partial charge is 0.238 e. The fraction of sp³-hybridized carbons (Fsp3) is 0.300. The molecule has 1 aliphatic rings. The summed E-state index contributed by atoms with van der Waals surface area (Å²) in [5.74, 6) is 0.611. The number of likely N-dealkylation sites (N-methyl/N-ethyl adjacent to an activating group) is 1. The summed E-state index contributed by atoms with van der Waals surface area (Å²) < 4.78 is 0. The van der Waals surface area contributed by atoms with Crippen molar-refractivity contribution in [2.75, 3.05) is 38.7 Å². The lowest BCUT2D eigenvalue weighted by Gasteiger charge is -2.32. The zero-order chi connectivity index (χ0) is 18.8. The molecule has 2 aromatic carbocycles. The van der Waals surface area contributed by atoms with Crippen LogP contribution in [0.3, 0.4) is 0 Å². The van der Waals surface area contributed by atoms with Crippen molar-refractivity contribution in [2.24, 2.45) is 0 Å². The maximum atomic E-state index is 9.37. The van der Waals surface area contributed by atoms with E-state index in [4.69, 9.17) is 11.6 Å². The molecule has 1 fully saturated rings. The lowest BCUT2D eigenvalue weighted by atomic mass is 10.0. The van der Waals surface area contributed by atoms with Crippen molar-refractivity contribution in [3.8, 4) is 11.1 Å². The number of aromatic nitrogens is 2. The first-order chi connectivity index (χ1) is 13.1. The van der Waals surface area contributed by atoms with E-state index in [-0.39, 0.29) is 6.61 Å². The number of fused-ring (bicyclic) bond motifs is 1. The molecule has 27 heavy (non-hydrogen) atoms. The van der Waals surface area contributed by atoms with Crippen LogP contribution in [0.1, 0.15) is 5.56 Å². The molecule has 1 aromatic heterocycles. The van der Waals surface area contributed by atoms with Gasteiger partial charge in [-0.2, -0.15) is 0 Å². The van der Waals surface area contributed by atoms with Gasteiger partial charge in [-0.15, -0.1) is 0 Å². The van der Waals surface area contributed by atoms with Gasteiger partial charge in [-0.25, -0.2) is 15.0 Å². The van der Waals surface area contributed by atoms with Crippen LogP contribution in [-0.4, -0.2) is 58.2 Å². The second kappa shape index (κ2) is 7.78. The molecule has 0 atom stereocenters. The second-order valence-corrected chi connectivity index (χ2v) is 7.25. The average molecular weight is 384 g/mol. The SMILES string of the molecule is CN1CCN(Nc2ncc3cc(-c4cc(CO)ccc4Cl)ccc3n2)CC1. The van der Waals surface area contributed by atoms with E-state index in [1.807, 2.05) is 42.6 Å². The van der Waals surface area contributed by atoms with E-state index >= 15 is 0 Å². The van der Waals surface area contributed by atoms with E-state index in [9.17, 15) is 5.11 Å². The first kappa shape index (κ1) is 18.1. The largest absolute Gasteiger partial charge is 0.392 e. The van der Waals surface area contributed by atoms with Crippen molar-refractivity contribution in [2.45, 2.75) is 6.61 Å². The zero-order valence-corrected chi connectivity index (χ0v) is 15.9. The van der Waals surface area contributed by atoms with Gasteiger partial charge >= 0.3 is 0 Å². The Morgan fingerprint density at radius 3 is 2.70 bits per heavy atom. The monoisotopic (exact) mass is 383 g/mol. The van der Waals surface area contributed by atoms with Crippen molar-refractivity contribution in [3.05, 3.63) is 53.2 Å². The summed E-state index contributed by atoms with van der Waals surface area (Å²) in [5, 5.41) is 13.1. The van der Waals surface area contributed by atoms with E-state index in [2.05, 4.69) is 32.4 Å². The van der Waals surface area contributed by atoms with Crippen LogP contribution in [-0.2, 0) is 6.61 Å². The van der Waals surface area contributed by atoms with Gasteiger partial charge in [-0.3, -0.25) is 5.43 Å². The average Bonchev–Trinajstić information content (AvgIpc) is 2.70. The molecule has 3 aromatic rings. The van der Waals surface area contributed by atoms with E-state index in [1.165, 1.54) is 0 Å². The Morgan fingerprint density at radius 2 is 1.93 bits per heavy atom. The summed E-state index contributed by atoms with van der Waals surface area (Å²) in [6.45, 7) is 3.92. The molecule has 0 radical (unpaired) electrons. The molecule has 0 unspecified atom stereocenters. The molecule has 2 heterocycles. The molecule has 0 spiro atoms. The molecule has 1 saturated heterocycles. The maximum Gasteiger partial charge on any atom is 0.238 e. The topological polar surface area (TPSA) is 64.5 Å². The molecule has 7 heteroatoms. The molecule has 4 rings (SSSR count). The highest BCUT2D eigenvalue weighted by Crippen LogP contribution is 2.31. The summed E-state index contributed by atoms with van der Waals surface area (Å²) in [5.41, 5.74) is 6.88. The quantitative estimate of drug-likeness (QED) is 0.722. The normalized spacial score (nSPS) is 16.0. The number of nitrogens with one attached hydrogen (secondary N) is 1. The molecule has 0 aliphatic carbocycles. The number of benzene rings is 2. The van der Waals surface area contributed by atoms with Crippen molar-refractivity contribution in [1.29, 1.82) is 0 Å². The number of hydrogen-bond donors (Lipinski definition) is 2. The summed E-state index contributed by atoms with van der Waals surface area (Å²) in [4.78, 5) is 11.4. The highest BCUT2D eigenvalue weighted by molar-refractivity contribution is 6.33. The predicted octanol–water partition coefficient (Wildman–Crippen LogP) is 3.02. The fourth-order valence-corrected chi connectivity index (χ4v) is 3.43. The van der Waals surface area contributed by atoms with Crippen LogP contribution in [0.5, 0.6) is 0 Å². The minimum atomic E-state index is -0.0117. The summed E-state index contributed by atoms with van der Waals surface area (Å²) in [6, 6.07) is 11.5. The van der Waals surface area contributed by atoms with Gasteiger partial charge in [0, 0.05) is 48.3 Å². The van der Waals surface area contributed by atoms with Gasteiger partial charge in [-0.1, -0.05) is 23.7 Å². The van der Waals surface area contributed by atoms with Crippen molar-refractivity contribution in [3.63, 3.8) is 0 Å². The minimum absolute atomic E-state index is 0.0117. The highest BCUT2D eigenvalue weighted by atomic mass is 35.5. The van der Waals surface area contributed by atoms with Gasteiger partial charge in [0.1, 0.15) is 0 Å². The van der Waals surface area contributed by atoms with Gasteiger partial charge in [0.25, 0.3) is 0 Å². The van der Waals surface area contributed by atoms with E-state index in [0.29, 0.717) is 11.0 Å². The lowest BCUT2D eigenvalue weighted by molar-refractivity contribution is 0.178. The molecule has 0 amide bonds. The van der Waals surface area contributed by atoms with Crippen LogP contribution < -0.4 is 5.43 Å².